The van der Waals surface area contributed by atoms with E-state index in [9.17, 15) is 19.7 Å². The number of nitro groups is 1. The van der Waals surface area contributed by atoms with Crippen LogP contribution in [-0.4, -0.2) is 32.9 Å². The normalized spacial score (nSPS) is 18.2. The predicted molar refractivity (Wildman–Crippen MR) is 92.1 cm³/mol. The molecule has 2 rings (SSSR count). The Balaban J connectivity index is 1.96. The molecule has 10 heteroatoms. The van der Waals surface area contributed by atoms with Gasteiger partial charge in [-0.3, -0.25) is 19.7 Å². The quantitative estimate of drug-likeness (QED) is 0.477. The average Bonchev–Trinajstić information content (AvgIpc) is 2.85. The first kappa shape index (κ1) is 17.6. The first-order chi connectivity index (χ1) is 11.3. The van der Waals surface area contributed by atoms with Gasteiger partial charge in [0.15, 0.2) is 5.17 Å². The van der Waals surface area contributed by atoms with Crippen molar-refractivity contribution in [2.75, 3.05) is 5.32 Å². The van der Waals surface area contributed by atoms with Gasteiger partial charge in [0, 0.05) is 30.0 Å². The summed E-state index contributed by atoms with van der Waals surface area (Å²) in [7, 11) is 0. The SMILES string of the molecule is CC(C)=N/N=C1/NC(=O)[C@@H](CC(=O)Nc2cccc([N+](=O)[O-])c2)S1. The molecule has 1 aliphatic rings. The number of rotatable bonds is 5. The molecular formula is C14H15N5O4S. The Bertz CT molecular complexity index is 742. The number of amides is 2. The number of carbonyl (C=O) groups is 2. The van der Waals surface area contributed by atoms with Gasteiger partial charge in [-0.25, -0.2) is 0 Å². The van der Waals surface area contributed by atoms with Crippen LogP contribution in [0.4, 0.5) is 11.4 Å². The molecule has 0 radical (unpaired) electrons. The summed E-state index contributed by atoms with van der Waals surface area (Å²) in [5.74, 6) is -0.739. The number of nitro benzene ring substituents is 1. The smallest absolute Gasteiger partial charge is 0.271 e. The number of thioether (sulfide) groups is 1. The van der Waals surface area contributed by atoms with E-state index in [0.717, 1.165) is 17.5 Å². The van der Waals surface area contributed by atoms with E-state index in [2.05, 4.69) is 20.8 Å². The molecule has 0 aromatic heterocycles. The number of carbonyl (C=O) groups excluding carboxylic acids is 2. The van der Waals surface area contributed by atoms with Crippen molar-refractivity contribution in [2.24, 2.45) is 10.2 Å². The summed E-state index contributed by atoms with van der Waals surface area (Å²) in [6.07, 6.45) is -0.0764. The number of benzene rings is 1. The van der Waals surface area contributed by atoms with E-state index >= 15 is 0 Å². The van der Waals surface area contributed by atoms with Crippen LogP contribution >= 0.6 is 11.8 Å². The molecule has 0 saturated carbocycles. The van der Waals surface area contributed by atoms with Gasteiger partial charge in [0.2, 0.25) is 11.8 Å². The fraction of sp³-hybridized carbons (Fsp3) is 0.286. The first-order valence-electron chi connectivity index (χ1n) is 6.96. The molecule has 1 saturated heterocycles. The minimum Gasteiger partial charge on any atom is -0.326 e. The van der Waals surface area contributed by atoms with Crippen LogP contribution < -0.4 is 10.6 Å². The Morgan fingerprint density at radius 1 is 1.46 bits per heavy atom. The van der Waals surface area contributed by atoms with E-state index in [1.807, 2.05) is 0 Å². The van der Waals surface area contributed by atoms with E-state index < -0.39 is 16.1 Å². The van der Waals surface area contributed by atoms with Gasteiger partial charge in [-0.15, -0.1) is 5.10 Å². The van der Waals surface area contributed by atoms with Crippen molar-refractivity contribution in [3.8, 4) is 0 Å². The zero-order valence-electron chi connectivity index (χ0n) is 13.0. The molecule has 2 N–H and O–H groups in total. The Labute approximate surface area is 141 Å². The maximum atomic E-state index is 12.0. The van der Waals surface area contributed by atoms with Gasteiger partial charge in [-0.05, 0) is 19.9 Å². The van der Waals surface area contributed by atoms with Gasteiger partial charge in [0.05, 0.1) is 4.92 Å². The molecule has 1 fully saturated rings. The van der Waals surface area contributed by atoms with Crippen molar-refractivity contribution in [3.63, 3.8) is 0 Å². The number of nitrogens with zero attached hydrogens (tertiary/aromatic N) is 3. The molecular weight excluding hydrogens is 334 g/mol. The summed E-state index contributed by atoms with van der Waals surface area (Å²) in [6.45, 7) is 3.55. The predicted octanol–water partition coefficient (Wildman–Crippen LogP) is 1.91. The molecule has 1 atom stereocenters. The second-order valence-corrected chi connectivity index (χ2v) is 6.30. The third kappa shape index (κ3) is 4.88. The Hall–Kier alpha value is -2.75. The summed E-state index contributed by atoms with van der Waals surface area (Å²) < 4.78 is 0. The largest absolute Gasteiger partial charge is 0.326 e. The maximum absolute atomic E-state index is 12.0. The fourth-order valence-corrected chi connectivity index (χ4v) is 2.73. The zero-order chi connectivity index (χ0) is 17.7. The molecule has 0 unspecified atom stereocenters. The van der Waals surface area contributed by atoms with E-state index in [1.165, 1.54) is 18.2 Å². The Morgan fingerprint density at radius 2 is 2.21 bits per heavy atom. The molecule has 126 valence electrons. The molecule has 1 aromatic rings. The molecule has 2 amide bonds. The van der Waals surface area contributed by atoms with Crippen molar-refractivity contribution in [1.82, 2.24) is 5.32 Å². The molecule has 1 heterocycles. The van der Waals surface area contributed by atoms with Gasteiger partial charge >= 0.3 is 0 Å². The summed E-state index contributed by atoms with van der Waals surface area (Å²) in [5.41, 5.74) is 0.921. The second kappa shape index (κ2) is 7.68. The van der Waals surface area contributed by atoms with E-state index in [0.29, 0.717) is 10.9 Å². The van der Waals surface area contributed by atoms with Gasteiger partial charge in [-0.1, -0.05) is 17.8 Å². The summed E-state index contributed by atoms with van der Waals surface area (Å²) >= 11 is 1.12. The Morgan fingerprint density at radius 3 is 2.88 bits per heavy atom. The molecule has 24 heavy (non-hydrogen) atoms. The number of hydrogen-bond donors (Lipinski definition) is 2. The van der Waals surface area contributed by atoms with Crippen molar-refractivity contribution >= 4 is 45.8 Å². The molecule has 1 aromatic carbocycles. The molecule has 0 aliphatic carbocycles. The summed E-state index contributed by atoms with van der Waals surface area (Å²) in [6, 6.07) is 5.60. The lowest BCUT2D eigenvalue weighted by Gasteiger charge is -2.07. The number of nitrogens with one attached hydrogen (secondary N) is 2. The zero-order valence-corrected chi connectivity index (χ0v) is 13.8. The Kier molecular flexibility index (Phi) is 5.64. The monoisotopic (exact) mass is 349 g/mol. The van der Waals surface area contributed by atoms with Crippen LogP contribution in [0.1, 0.15) is 20.3 Å². The van der Waals surface area contributed by atoms with Crippen LogP contribution in [0, 0.1) is 10.1 Å². The fourth-order valence-electron chi connectivity index (χ4n) is 1.81. The van der Waals surface area contributed by atoms with Crippen LogP contribution in [-0.2, 0) is 9.59 Å². The van der Waals surface area contributed by atoms with Gasteiger partial charge in [-0.2, -0.15) is 5.10 Å². The number of non-ortho nitro benzene ring substituents is 1. The van der Waals surface area contributed by atoms with Gasteiger partial charge in [0.1, 0.15) is 5.25 Å². The molecule has 9 nitrogen and oxygen atoms in total. The van der Waals surface area contributed by atoms with Crippen LogP contribution in [0.5, 0.6) is 0 Å². The standard InChI is InChI=1S/C14H15N5O4S/c1-8(2)17-18-14-16-13(21)11(24-14)7-12(20)15-9-4-3-5-10(6-9)19(22)23/h3-6,11H,7H2,1-2H3,(H,15,20)(H,16,18,21)/t11-/m1/s1. The minimum atomic E-state index is -0.616. The highest BCUT2D eigenvalue weighted by molar-refractivity contribution is 8.15. The highest BCUT2D eigenvalue weighted by Crippen LogP contribution is 2.23. The molecule has 0 spiro atoms. The van der Waals surface area contributed by atoms with Gasteiger partial charge < -0.3 is 10.6 Å². The minimum absolute atomic E-state index is 0.0764. The van der Waals surface area contributed by atoms with Gasteiger partial charge in [0.25, 0.3) is 5.69 Å². The van der Waals surface area contributed by atoms with Crippen LogP contribution in [0.2, 0.25) is 0 Å². The third-order valence-electron chi connectivity index (χ3n) is 2.83. The molecule has 1 aliphatic heterocycles. The lowest BCUT2D eigenvalue weighted by atomic mass is 10.2. The van der Waals surface area contributed by atoms with Crippen molar-refractivity contribution in [1.29, 1.82) is 0 Å². The summed E-state index contributed by atoms with van der Waals surface area (Å²) in [4.78, 5) is 34.0. The number of amidine groups is 1. The maximum Gasteiger partial charge on any atom is 0.271 e. The van der Waals surface area contributed by atoms with E-state index in [4.69, 9.17) is 0 Å². The molecule has 0 bridgehead atoms. The average molecular weight is 349 g/mol. The van der Waals surface area contributed by atoms with E-state index in [-0.39, 0.29) is 18.0 Å². The van der Waals surface area contributed by atoms with Crippen molar-refractivity contribution < 1.29 is 14.5 Å². The highest BCUT2D eigenvalue weighted by atomic mass is 32.2. The summed E-state index contributed by atoms with van der Waals surface area (Å²) in [5, 5.41) is 23.3. The van der Waals surface area contributed by atoms with Crippen molar-refractivity contribution in [3.05, 3.63) is 34.4 Å². The number of hydrogen-bond acceptors (Lipinski definition) is 7. The van der Waals surface area contributed by atoms with Crippen molar-refractivity contribution in [2.45, 2.75) is 25.5 Å². The van der Waals surface area contributed by atoms with Crippen LogP contribution in [0.15, 0.2) is 34.5 Å². The topological polar surface area (TPSA) is 126 Å². The van der Waals surface area contributed by atoms with Crippen LogP contribution in [0.3, 0.4) is 0 Å². The second-order valence-electron chi connectivity index (χ2n) is 5.11. The van der Waals surface area contributed by atoms with E-state index in [1.54, 1.807) is 19.9 Å². The van der Waals surface area contributed by atoms with Crippen LogP contribution in [0.25, 0.3) is 0 Å². The third-order valence-corrected chi connectivity index (χ3v) is 3.90. The lowest BCUT2D eigenvalue weighted by molar-refractivity contribution is -0.384. The highest BCUT2D eigenvalue weighted by Gasteiger charge is 2.32. The first-order valence-corrected chi connectivity index (χ1v) is 7.84. The number of anilines is 1. The lowest BCUT2D eigenvalue weighted by Crippen LogP contribution is -2.28.